The Morgan fingerprint density at radius 1 is 1.15 bits per heavy atom. The van der Waals surface area contributed by atoms with E-state index in [1.807, 2.05) is 30.3 Å². The van der Waals surface area contributed by atoms with Crippen LogP contribution in [-0.2, 0) is 6.54 Å². The summed E-state index contributed by atoms with van der Waals surface area (Å²) < 4.78 is 7.84. The average molecular weight is 400 g/mol. The van der Waals surface area contributed by atoms with Crippen molar-refractivity contribution >= 4 is 31.9 Å². The molecule has 0 saturated heterocycles. The molecule has 0 atom stereocenters. The van der Waals surface area contributed by atoms with Crippen LogP contribution in [0.15, 0.2) is 45.5 Å². The lowest BCUT2D eigenvalue weighted by Crippen LogP contribution is -2.14. The molecule has 0 fully saturated rings. The van der Waals surface area contributed by atoms with E-state index in [4.69, 9.17) is 4.74 Å². The van der Waals surface area contributed by atoms with Crippen LogP contribution in [0, 0.1) is 0 Å². The first-order chi connectivity index (χ1) is 9.69. The molecule has 0 unspecified atom stereocenters. The van der Waals surface area contributed by atoms with Crippen LogP contribution in [0.3, 0.4) is 0 Å². The van der Waals surface area contributed by atoms with E-state index in [-0.39, 0.29) is 0 Å². The third-order valence-electron chi connectivity index (χ3n) is 2.66. The molecular weight excluding hydrogens is 384 g/mol. The van der Waals surface area contributed by atoms with Crippen molar-refractivity contribution in [3.8, 4) is 11.6 Å². The smallest absolute Gasteiger partial charge is 0.223 e. The number of ether oxygens (including phenoxy) is 1. The quantitative estimate of drug-likeness (QED) is 0.701. The van der Waals surface area contributed by atoms with Gasteiger partial charge in [0.1, 0.15) is 5.75 Å². The van der Waals surface area contributed by atoms with Gasteiger partial charge in [0.2, 0.25) is 5.88 Å². The first-order valence-corrected chi connectivity index (χ1v) is 8.06. The number of hydrogen-bond donors (Lipinski definition) is 1. The first kappa shape index (κ1) is 15.5. The summed E-state index contributed by atoms with van der Waals surface area (Å²) in [4.78, 5) is 4.35. The number of halogens is 2. The summed E-state index contributed by atoms with van der Waals surface area (Å²) in [5.41, 5.74) is 1.04. The number of nitrogens with zero attached hydrogens (tertiary/aromatic N) is 1. The zero-order chi connectivity index (χ0) is 14.4. The second kappa shape index (κ2) is 7.76. The summed E-state index contributed by atoms with van der Waals surface area (Å²) >= 11 is 6.86. The molecular formula is C15H16Br2N2O. The van der Waals surface area contributed by atoms with E-state index in [0.717, 1.165) is 39.8 Å². The zero-order valence-corrected chi connectivity index (χ0v) is 14.4. The van der Waals surface area contributed by atoms with Gasteiger partial charge in [-0.3, -0.25) is 0 Å². The number of aromatic nitrogens is 1. The molecule has 1 heterocycles. The van der Waals surface area contributed by atoms with Crippen LogP contribution in [0.5, 0.6) is 11.6 Å². The Morgan fingerprint density at radius 2 is 1.90 bits per heavy atom. The molecule has 2 rings (SSSR count). The predicted octanol–water partition coefficient (Wildman–Crippen LogP) is 4.90. The third-order valence-corrected chi connectivity index (χ3v) is 3.62. The molecule has 1 aromatic carbocycles. The van der Waals surface area contributed by atoms with Crippen molar-refractivity contribution in [2.45, 2.75) is 19.9 Å². The van der Waals surface area contributed by atoms with Crippen molar-refractivity contribution in [1.29, 1.82) is 0 Å². The van der Waals surface area contributed by atoms with Crippen LogP contribution in [0.25, 0.3) is 0 Å². The maximum absolute atomic E-state index is 5.86. The topological polar surface area (TPSA) is 34.2 Å². The van der Waals surface area contributed by atoms with E-state index in [0.29, 0.717) is 5.88 Å². The van der Waals surface area contributed by atoms with Crippen LogP contribution >= 0.6 is 31.9 Å². The molecule has 0 bridgehead atoms. The molecule has 3 nitrogen and oxygen atoms in total. The van der Waals surface area contributed by atoms with Crippen molar-refractivity contribution in [2.24, 2.45) is 0 Å². The third kappa shape index (κ3) is 4.58. The molecule has 106 valence electrons. The number of rotatable bonds is 6. The molecule has 1 aromatic heterocycles. The highest BCUT2D eigenvalue weighted by Crippen LogP contribution is 2.26. The molecule has 20 heavy (non-hydrogen) atoms. The molecule has 0 aliphatic heterocycles. The van der Waals surface area contributed by atoms with Gasteiger partial charge in [-0.2, -0.15) is 0 Å². The minimum atomic E-state index is 0.638. The minimum absolute atomic E-state index is 0.638. The molecule has 0 aliphatic carbocycles. The van der Waals surface area contributed by atoms with Gasteiger partial charge in [-0.1, -0.05) is 22.9 Å². The lowest BCUT2D eigenvalue weighted by molar-refractivity contribution is 0.452. The van der Waals surface area contributed by atoms with Gasteiger partial charge in [-0.05, 0) is 59.2 Å². The lowest BCUT2D eigenvalue weighted by atomic mass is 10.2. The largest absolute Gasteiger partial charge is 0.439 e. The molecule has 0 radical (unpaired) electrons. The van der Waals surface area contributed by atoms with Gasteiger partial charge in [0, 0.05) is 27.3 Å². The Bertz CT molecular complexity index is 558. The first-order valence-electron chi connectivity index (χ1n) is 6.47. The van der Waals surface area contributed by atoms with Crippen molar-refractivity contribution in [3.05, 3.63) is 51.0 Å². The highest BCUT2D eigenvalue weighted by atomic mass is 79.9. The predicted molar refractivity (Wildman–Crippen MR) is 88.2 cm³/mol. The minimum Gasteiger partial charge on any atom is -0.439 e. The Labute approximate surface area is 136 Å². The number of pyridine rings is 1. The van der Waals surface area contributed by atoms with Crippen LogP contribution in [0.4, 0.5) is 0 Å². The maximum Gasteiger partial charge on any atom is 0.223 e. The average Bonchev–Trinajstić information content (AvgIpc) is 2.44. The Balaban J connectivity index is 2.15. The van der Waals surface area contributed by atoms with E-state index in [1.165, 1.54) is 0 Å². The fraction of sp³-hybridized carbons (Fsp3) is 0.267. The Kier molecular flexibility index (Phi) is 6.01. The van der Waals surface area contributed by atoms with Gasteiger partial charge in [0.25, 0.3) is 0 Å². The SMILES string of the molecule is CCCNCc1cc(Br)cnc1Oc1ccc(Br)cc1. The molecule has 5 heteroatoms. The van der Waals surface area contributed by atoms with E-state index < -0.39 is 0 Å². The van der Waals surface area contributed by atoms with E-state index in [2.05, 4.69) is 49.1 Å². The van der Waals surface area contributed by atoms with Gasteiger partial charge < -0.3 is 10.1 Å². The maximum atomic E-state index is 5.86. The monoisotopic (exact) mass is 398 g/mol. The highest BCUT2D eigenvalue weighted by Gasteiger charge is 2.07. The summed E-state index contributed by atoms with van der Waals surface area (Å²) in [6.45, 7) is 3.86. The molecule has 0 amide bonds. The Morgan fingerprint density at radius 3 is 2.60 bits per heavy atom. The van der Waals surface area contributed by atoms with Crippen molar-refractivity contribution < 1.29 is 4.74 Å². The second-order valence-electron chi connectivity index (χ2n) is 4.35. The van der Waals surface area contributed by atoms with Gasteiger partial charge >= 0.3 is 0 Å². The number of benzene rings is 1. The summed E-state index contributed by atoms with van der Waals surface area (Å²) in [6, 6.07) is 9.75. The van der Waals surface area contributed by atoms with Crippen LogP contribution < -0.4 is 10.1 Å². The summed E-state index contributed by atoms with van der Waals surface area (Å²) in [5, 5.41) is 3.37. The van der Waals surface area contributed by atoms with Crippen molar-refractivity contribution in [2.75, 3.05) is 6.54 Å². The molecule has 2 aromatic rings. The normalized spacial score (nSPS) is 10.6. The van der Waals surface area contributed by atoms with Gasteiger partial charge in [0.15, 0.2) is 0 Å². The van der Waals surface area contributed by atoms with Crippen LogP contribution in [0.2, 0.25) is 0 Å². The zero-order valence-electron chi connectivity index (χ0n) is 11.2. The van der Waals surface area contributed by atoms with Gasteiger partial charge in [-0.15, -0.1) is 0 Å². The van der Waals surface area contributed by atoms with Gasteiger partial charge in [0.05, 0.1) is 0 Å². The molecule has 0 spiro atoms. The number of hydrogen-bond acceptors (Lipinski definition) is 3. The standard InChI is InChI=1S/C15H16Br2N2O/c1-2-7-18-9-11-8-13(17)10-19-15(11)20-14-5-3-12(16)4-6-14/h3-6,8,10,18H,2,7,9H2,1H3. The molecule has 1 N–H and O–H groups in total. The number of nitrogens with one attached hydrogen (secondary N) is 1. The summed E-state index contributed by atoms with van der Waals surface area (Å²) in [7, 11) is 0. The summed E-state index contributed by atoms with van der Waals surface area (Å²) in [5.74, 6) is 1.42. The Hall–Kier alpha value is -0.910. The molecule has 0 saturated carbocycles. The van der Waals surface area contributed by atoms with Crippen molar-refractivity contribution in [3.63, 3.8) is 0 Å². The van der Waals surface area contributed by atoms with E-state index in [9.17, 15) is 0 Å². The van der Waals surface area contributed by atoms with E-state index >= 15 is 0 Å². The van der Waals surface area contributed by atoms with Gasteiger partial charge in [-0.25, -0.2) is 4.98 Å². The molecule has 0 aliphatic rings. The lowest BCUT2D eigenvalue weighted by Gasteiger charge is -2.11. The van der Waals surface area contributed by atoms with Crippen molar-refractivity contribution in [1.82, 2.24) is 10.3 Å². The summed E-state index contributed by atoms with van der Waals surface area (Å²) in [6.07, 6.45) is 2.85. The van der Waals surface area contributed by atoms with Crippen LogP contribution in [-0.4, -0.2) is 11.5 Å². The fourth-order valence-corrected chi connectivity index (χ4v) is 2.34. The van der Waals surface area contributed by atoms with E-state index in [1.54, 1.807) is 6.20 Å². The highest BCUT2D eigenvalue weighted by molar-refractivity contribution is 9.10. The fourth-order valence-electron chi connectivity index (χ4n) is 1.70. The second-order valence-corrected chi connectivity index (χ2v) is 6.18. The van der Waals surface area contributed by atoms with Crippen LogP contribution in [0.1, 0.15) is 18.9 Å².